The average molecular weight is 226 g/mol. The van der Waals surface area contributed by atoms with Crippen LogP contribution in [0.1, 0.15) is 25.3 Å². The Morgan fingerprint density at radius 1 is 1.47 bits per heavy atom. The second-order valence-corrected chi connectivity index (χ2v) is 4.62. The first-order valence-electron chi connectivity index (χ1n) is 5.25. The SMILES string of the molecule is COc1cc(C2(C)CCCN2)ccc1Cl. The van der Waals surface area contributed by atoms with Gasteiger partial charge in [0.25, 0.3) is 0 Å². The van der Waals surface area contributed by atoms with E-state index in [1.165, 1.54) is 12.0 Å². The monoisotopic (exact) mass is 225 g/mol. The van der Waals surface area contributed by atoms with Crippen molar-refractivity contribution in [3.8, 4) is 5.75 Å². The molecule has 1 saturated heterocycles. The van der Waals surface area contributed by atoms with Gasteiger partial charge in [0.1, 0.15) is 5.75 Å². The molecule has 3 heteroatoms. The summed E-state index contributed by atoms with van der Waals surface area (Å²) in [5.41, 5.74) is 1.33. The van der Waals surface area contributed by atoms with E-state index >= 15 is 0 Å². The Labute approximate surface area is 95.6 Å². The van der Waals surface area contributed by atoms with Crippen molar-refractivity contribution >= 4 is 11.6 Å². The standard InChI is InChI=1S/C12H16ClNO/c1-12(6-3-7-14-12)9-4-5-10(13)11(8-9)15-2/h4-5,8,14H,3,6-7H2,1-2H3. The van der Waals surface area contributed by atoms with Crippen LogP contribution in [0, 0.1) is 0 Å². The predicted octanol–water partition coefficient (Wildman–Crippen LogP) is 2.95. The molecule has 0 saturated carbocycles. The number of ether oxygens (including phenoxy) is 1. The lowest BCUT2D eigenvalue weighted by Crippen LogP contribution is -2.33. The second kappa shape index (κ2) is 4.03. The number of benzene rings is 1. The summed E-state index contributed by atoms with van der Waals surface area (Å²) in [6.07, 6.45) is 2.39. The third-order valence-corrected chi connectivity index (χ3v) is 3.47. The zero-order valence-corrected chi connectivity index (χ0v) is 9.90. The Hall–Kier alpha value is -0.730. The Bertz CT molecular complexity index is 359. The minimum absolute atomic E-state index is 0.0812. The third-order valence-electron chi connectivity index (χ3n) is 3.16. The average Bonchev–Trinajstić information content (AvgIpc) is 2.67. The van der Waals surface area contributed by atoms with Gasteiger partial charge in [-0.1, -0.05) is 17.7 Å². The van der Waals surface area contributed by atoms with Gasteiger partial charge in [-0.05, 0) is 44.0 Å². The summed E-state index contributed by atoms with van der Waals surface area (Å²) in [7, 11) is 1.65. The van der Waals surface area contributed by atoms with Crippen LogP contribution in [0.15, 0.2) is 18.2 Å². The maximum Gasteiger partial charge on any atom is 0.137 e. The van der Waals surface area contributed by atoms with Gasteiger partial charge in [0.05, 0.1) is 12.1 Å². The summed E-state index contributed by atoms with van der Waals surface area (Å²) >= 11 is 6.00. The van der Waals surface area contributed by atoms with Crippen molar-refractivity contribution in [2.24, 2.45) is 0 Å². The number of hydrogen-bond acceptors (Lipinski definition) is 2. The van der Waals surface area contributed by atoms with Crippen molar-refractivity contribution in [1.82, 2.24) is 5.32 Å². The molecular formula is C12H16ClNO. The molecule has 0 aromatic heterocycles. The van der Waals surface area contributed by atoms with Gasteiger partial charge < -0.3 is 10.1 Å². The zero-order valence-electron chi connectivity index (χ0n) is 9.14. The lowest BCUT2D eigenvalue weighted by Gasteiger charge is -2.25. The van der Waals surface area contributed by atoms with Gasteiger partial charge in [0.2, 0.25) is 0 Å². The van der Waals surface area contributed by atoms with E-state index in [0.717, 1.165) is 18.7 Å². The van der Waals surface area contributed by atoms with Crippen LogP contribution in [0.2, 0.25) is 5.02 Å². The van der Waals surface area contributed by atoms with E-state index in [9.17, 15) is 0 Å². The highest BCUT2D eigenvalue weighted by Gasteiger charge is 2.30. The number of halogens is 1. The number of rotatable bonds is 2. The normalized spacial score (nSPS) is 25.5. The molecule has 0 aliphatic carbocycles. The minimum atomic E-state index is 0.0812. The molecule has 1 aliphatic heterocycles. The van der Waals surface area contributed by atoms with Crippen LogP contribution >= 0.6 is 11.6 Å². The Morgan fingerprint density at radius 2 is 2.27 bits per heavy atom. The van der Waals surface area contributed by atoms with Crippen LogP contribution in [0.25, 0.3) is 0 Å². The van der Waals surface area contributed by atoms with Gasteiger partial charge in [0, 0.05) is 5.54 Å². The van der Waals surface area contributed by atoms with Crippen molar-refractivity contribution in [2.75, 3.05) is 13.7 Å². The van der Waals surface area contributed by atoms with Gasteiger partial charge in [-0.15, -0.1) is 0 Å². The van der Waals surface area contributed by atoms with Crippen LogP contribution in [-0.2, 0) is 5.54 Å². The van der Waals surface area contributed by atoms with E-state index in [-0.39, 0.29) is 5.54 Å². The fourth-order valence-corrected chi connectivity index (χ4v) is 2.34. The molecular weight excluding hydrogens is 210 g/mol. The predicted molar refractivity (Wildman–Crippen MR) is 62.6 cm³/mol. The lowest BCUT2D eigenvalue weighted by molar-refractivity contribution is 0.404. The molecule has 82 valence electrons. The first-order chi connectivity index (χ1) is 7.15. The maximum atomic E-state index is 6.00. The highest BCUT2D eigenvalue weighted by atomic mass is 35.5. The fourth-order valence-electron chi connectivity index (χ4n) is 2.14. The van der Waals surface area contributed by atoms with Crippen LogP contribution in [0.5, 0.6) is 5.75 Å². The Morgan fingerprint density at radius 3 is 2.87 bits per heavy atom. The molecule has 0 amide bonds. The number of nitrogens with one attached hydrogen (secondary N) is 1. The topological polar surface area (TPSA) is 21.3 Å². The number of hydrogen-bond donors (Lipinski definition) is 1. The van der Waals surface area contributed by atoms with Gasteiger partial charge in [-0.3, -0.25) is 0 Å². The van der Waals surface area contributed by atoms with Crippen molar-refractivity contribution in [1.29, 1.82) is 0 Å². The Balaban J connectivity index is 2.36. The molecule has 0 radical (unpaired) electrons. The molecule has 1 aliphatic rings. The van der Waals surface area contributed by atoms with Gasteiger partial charge in [0.15, 0.2) is 0 Å². The molecule has 0 bridgehead atoms. The molecule has 1 atom stereocenters. The second-order valence-electron chi connectivity index (χ2n) is 4.21. The van der Waals surface area contributed by atoms with Crippen molar-refractivity contribution in [3.05, 3.63) is 28.8 Å². The van der Waals surface area contributed by atoms with E-state index in [1.54, 1.807) is 7.11 Å². The summed E-state index contributed by atoms with van der Waals surface area (Å²) < 4.78 is 5.23. The van der Waals surface area contributed by atoms with E-state index in [4.69, 9.17) is 16.3 Å². The first kappa shape index (κ1) is 10.8. The van der Waals surface area contributed by atoms with E-state index in [2.05, 4.69) is 18.3 Å². The molecule has 2 rings (SSSR count). The quantitative estimate of drug-likeness (QED) is 0.836. The third kappa shape index (κ3) is 1.97. The van der Waals surface area contributed by atoms with Gasteiger partial charge >= 0.3 is 0 Å². The highest BCUT2D eigenvalue weighted by Crippen LogP contribution is 2.34. The van der Waals surface area contributed by atoms with E-state index in [1.807, 2.05) is 12.1 Å². The molecule has 15 heavy (non-hydrogen) atoms. The van der Waals surface area contributed by atoms with Crippen LogP contribution in [0.4, 0.5) is 0 Å². The summed E-state index contributed by atoms with van der Waals surface area (Å²) in [5, 5.41) is 4.19. The molecule has 1 fully saturated rings. The summed E-state index contributed by atoms with van der Waals surface area (Å²) in [6, 6.07) is 6.00. The highest BCUT2D eigenvalue weighted by molar-refractivity contribution is 6.32. The molecule has 2 nitrogen and oxygen atoms in total. The molecule has 1 aromatic carbocycles. The van der Waals surface area contributed by atoms with Crippen molar-refractivity contribution in [3.63, 3.8) is 0 Å². The van der Waals surface area contributed by atoms with Crippen molar-refractivity contribution < 1.29 is 4.74 Å². The number of methoxy groups -OCH3 is 1. The van der Waals surface area contributed by atoms with E-state index < -0.39 is 0 Å². The molecule has 1 N–H and O–H groups in total. The van der Waals surface area contributed by atoms with Gasteiger partial charge in [-0.25, -0.2) is 0 Å². The van der Waals surface area contributed by atoms with Crippen molar-refractivity contribution in [2.45, 2.75) is 25.3 Å². The van der Waals surface area contributed by atoms with Crippen LogP contribution in [0.3, 0.4) is 0 Å². The summed E-state index contributed by atoms with van der Waals surface area (Å²) in [5.74, 6) is 0.754. The molecule has 1 unspecified atom stereocenters. The fraction of sp³-hybridized carbons (Fsp3) is 0.500. The molecule has 1 heterocycles. The summed E-state index contributed by atoms with van der Waals surface area (Å²) in [4.78, 5) is 0. The first-order valence-corrected chi connectivity index (χ1v) is 5.62. The summed E-state index contributed by atoms with van der Waals surface area (Å²) in [6.45, 7) is 3.31. The molecule has 1 aromatic rings. The molecule has 0 spiro atoms. The van der Waals surface area contributed by atoms with Crippen LogP contribution in [-0.4, -0.2) is 13.7 Å². The lowest BCUT2D eigenvalue weighted by atomic mass is 9.90. The minimum Gasteiger partial charge on any atom is -0.495 e. The largest absolute Gasteiger partial charge is 0.495 e. The van der Waals surface area contributed by atoms with E-state index in [0.29, 0.717) is 5.02 Å². The van der Waals surface area contributed by atoms with Crippen LogP contribution < -0.4 is 10.1 Å². The zero-order chi connectivity index (χ0) is 10.9. The van der Waals surface area contributed by atoms with Gasteiger partial charge in [-0.2, -0.15) is 0 Å². The smallest absolute Gasteiger partial charge is 0.137 e. The maximum absolute atomic E-state index is 6.00. The Kier molecular flexibility index (Phi) is 2.89.